The van der Waals surface area contributed by atoms with E-state index in [4.69, 9.17) is 0 Å². The third kappa shape index (κ3) is 2.73. The number of anilines is 2. The van der Waals surface area contributed by atoms with Crippen LogP contribution in [0, 0.1) is 11.3 Å². The van der Waals surface area contributed by atoms with Crippen LogP contribution in [-0.2, 0) is 15.0 Å². The standard InChI is InChI=1S/C24H23N3O2S/c1-6-27-21(28)16(14(2)17(13-25)22(27)29)11-15-12-19-23(30-15)26(5)20-10-8-7-9-18(20)24(19,3)4/h7-12H,6H2,1-5H3/b16-11+. The average molecular weight is 418 g/mol. The predicted molar refractivity (Wildman–Crippen MR) is 120 cm³/mol. The lowest BCUT2D eigenvalue weighted by Crippen LogP contribution is -2.42. The number of nitriles is 1. The fourth-order valence-electron chi connectivity index (χ4n) is 4.28. The molecule has 0 spiro atoms. The van der Waals surface area contributed by atoms with Crippen LogP contribution in [0.25, 0.3) is 6.08 Å². The minimum Gasteiger partial charge on any atom is -0.336 e. The number of carbonyl (C=O) groups is 2. The summed E-state index contributed by atoms with van der Waals surface area (Å²) in [5, 5.41) is 10.6. The normalized spacial score (nSPS) is 19.1. The van der Waals surface area contributed by atoms with Gasteiger partial charge in [-0.25, -0.2) is 0 Å². The Labute approximate surface area is 180 Å². The molecule has 0 atom stereocenters. The lowest BCUT2D eigenvalue weighted by molar-refractivity contribution is -0.140. The van der Waals surface area contributed by atoms with Gasteiger partial charge in [-0.1, -0.05) is 32.0 Å². The predicted octanol–water partition coefficient (Wildman–Crippen LogP) is 4.77. The van der Waals surface area contributed by atoms with Crippen LogP contribution < -0.4 is 4.90 Å². The number of rotatable bonds is 2. The largest absolute Gasteiger partial charge is 0.336 e. The van der Waals surface area contributed by atoms with Gasteiger partial charge in [0.15, 0.2) is 0 Å². The maximum atomic E-state index is 12.9. The van der Waals surface area contributed by atoms with Crippen molar-refractivity contribution in [2.45, 2.75) is 33.1 Å². The van der Waals surface area contributed by atoms with Gasteiger partial charge in [-0.05, 0) is 48.8 Å². The van der Waals surface area contributed by atoms with Crippen LogP contribution in [0.4, 0.5) is 10.7 Å². The fraction of sp³-hybridized carbons (Fsp3) is 0.292. The summed E-state index contributed by atoms with van der Waals surface area (Å²) in [6.45, 7) is 8.07. The number of para-hydroxylation sites is 1. The second kappa shape index (κ2) is 6.96. The fourth-order valence-corrected chi connectivity index (χ4v) is 5.51. The van der Waals surface area contributed by atoms with Crippen molar-refractivity contribution in [3.05, 3.63) is 63.1 Å². The van der Waals surface area contributed by atoms with Crippen LogP contribution in [-0.4, -0.2) is 30.3 Å². The maximum Gasteiger partial charge on any atom is 0.271 e. The molecule has 4 rings (SSSR count). The molecule has 0 saturated carbocycles. The number of thiophene rings is 1. The van der Waals surface area contributed by atoms with E-state index in [0.717, 1.165) is 14.8 Å². The number of hydrogen-bond acceptors (Lipinski definition) is 5. The van der Waals surface area contributed by atoms with Crippen molar-refractivity contribution in [3.63, 3.8) is 0 Å². The molecule has 0 N–H and O–H groups in total. The summed E-state index contributed by atoms with van der Waals surface area (Å²) in [5.74, 6) is -0.859. The van der Waals surface area contributed by atoms with Crippen LogP contribution in [0.2, 0.25) is 0 Å². The van der Waals surface area contributed by atoms with Gasteiger partial charge in [0.25, 0.3) is 11.8 Å². The summed E-state index contributed by atoms with van der Waals surface area (Å²) in [5.41, 5.74) is 4.36. The number of fused-ring (bicyclic) bond motifs is 2. The Morgan fingerprint density at radius 3 is 2.53 bits per heavy atom. The average Bonchev–Trinajstić information content (AvgIpc) is 3.16. The molecule has 0 aliphatic carbocycles. The highest BCUT2D eigenvalue weighted by Gasteiger charge is 2.38. The quantitative estimate of drug-likeness (QED) is 0.522. The molecular weight excluding hydrogens is 394 g/mol. The summed E-state index contributed by atoms with van der Waals surface area (Å²) < 4.78 is 0. The highest BCUT2D eigenvalue weighted by Crippen LogP contribution is 2.51. The second-order valence-corrected chi connectivity index (χ2v) is 9.16. The van der Waals surface area contributed by atoms with Crippen molar-refractivity contribution in [2.24, 2.45) is 0 Å². The first-order chi connectivity index (χ1) is 14.2. The highest BCUT2D eigenvalue weighted by atomic mass is 32.1. The van der Waals surface area contributed by atoms with Crippen molar-refractivity contribution < 1.29 is 9.59 Å². The molecule has 1 aromatic carbocycles. The zero-order valence-electron chi connectivity index (χ0n) is 17.7. The summed E-state index contributed by atoms with van der Waals surface area (Å²) in [4.78, 5) is 29.6. The molecule has 0 fully saturated rings. The monoisotopic (exact) mass is 417 g/mol. The zero-order chi connectivity index (χ0) is 21.8. The first kappa shape index (κ1) is 20.1. The molecule has 30 heavy (non-hydrogen) atoms. The molecule has 0 radical (unpaired) electrons. The molecule has 0 saturated heterocycles. The molecule has 2 amide bonds. The molecule has 5 nitrogen and oxygen atoms in total. The molecule has 2 aliphatic heterocycles. The van der Waals surface area contributed by atoms with Gasteiger partial charge >= 0.3 is 0 Å². The van der Waals surface area contributed by atoms with Crippen LogP contribution in [0.15, 0.2) is 47.1 Å². The van der Waals surface area contributed by atoms with E-state index in [1.807, 2.05) is 18.2 Å². The van der Waals surface area contributed by atoms with Crippen LogP contribution in [0.3, 0.4) is 0 Å². The van der Waals surface area contributed by atoms with Crippen molar-refractivity contribution in [2.75, 3.05) is 18.5 Å². The molecule has 2 aromatic rings. The van der Waals surface area contributed by atoms with Crippen LogP contribution in [0.5, 0.6) is 0 Å². The van der Waals surface area contributed by atoms with E-state index in [1.165, 1.54) is 16.8 Å². The van der Waals surface area contributed by atoms with Crippen molar-refractivity contribution in [3.8, 4) is 6.07 Å². The molecule has 0 bridgehead atoms. The van der Waals surface area contributed by atoms with Crippen molar-refractivity contribution in [1.29, 1.82) is 5.26 Å². The summed E-state index contributed by atoms with van der Waals surface area (Å²) in [6, 6.07) is 12.5. The number of imide groups is 1. The molecule has 3 heterocycles. The van der Waals surface area contributed by atoms with Gasteiger partial charge < -0.3 is 4.90 Å². The van der Waals surface area contributed by atoms with Crippen molar-refractivity contribution >= 4 is 39.9 Å². The number of likely N-dealkylation sites (N-methyl/N-ethyl adjacent to an activating group) is 1. The SMILES string of the molecule is CCN1C(=O)C(C#N)=C(C)/C(=C\c2cc3c(s2)N(C)c2ccccc2C3(C)C)C1=O. The van der Waals surface area contributed by atoms with Gasteiger partial charge in [0.2, 0.25) is 0 Å². The van der Waals surface area contributed by atoms with E-state index in [9.17, 15) is 14.9 Å². The number of hydrogen-bond donors (Lipinski definition) is 0. The number of benzene rings is 1. The van der Waals surface area contributed by atoms with E-state index in [1.54, 1.807) is 25.2 Å². The lowest BCUT2D eigenvalue weighted by atomic mass is 9.75. The minimum atomic E-state index is -0.513. The molecule has 152 valence electrons. The Bertz CT molecular complexity index is 1190. The maximum absolute atomic E-state index is 12.9. The van der Waals surface area contributed by atoms with Gasteiger partial charge in [-0.15, -0.1) is 11.3 Å². The molecule has 1 aromatic heterocycles. The molecule has 0 unspecified atom stereocenters. The number of amides is 2. The Morgan fingerprint density at radius 1 is 1.17 bits per heavy atom. The number of nitrogens with zero attached hydrogens (tertiary/aromatic N) is 3. The van der Waals surface area contributed by atoms with E-state index >= 15 is 0 Å². The van der Waals surface area contributed by atoms with Gasteiger partial charge in [0.1, 0.15) is 11.6 Å². The Kier molecular flexibility index (Phi) is 4.67. The Hall–Kier alpha value is -3.17. The zero-order valence-corrected chi connectivity index (χ0v) is 18.6. The Balaban J connectivity index is 1.87. The third-order valence-electron chi connectivity index (χ3n) is 6.08. The van der Waals surface area contributed by atoms with E-state index in [-0.39, 0.29) is 23.4 Å². The minimum absolute atomic E-state index is 0.0360. The van der Waals surface area contributed by atoms with Crippen LogP contribution in [0.1, 0.15) is 43.7 Å². The lowest BCUT2D eigenvalue weighted by Gasteiger charge is -2.38. The van der Waals surface area contributed by atoms with E-state index in [2.05, 4.69) is 50.1 Å². The summed E-state index contributed by atoms with van der Waals surface area (Å²) >= 11 is 1.61. The smallest absolute Gasteiger partial charge is 0.271 e. The topological polar surface area (TPSA) is 64.4 Å². The first-order valence-corrected chi connectivity index (χ1v) is 10.7. The Morgan fingerprint density at radius 2 is 1.87 bits per heavy atom. The van der Waals surface area contributed by atoms with Gasteiger partial charge in [-0.3, -0.25) is 14.5 Å². The number of carbonyl (C=O) groups excluding carboxylic acids is 2. The third-order valence-corrected chi connectivity index (χ3v) is 7.23. The van der Waals surface area contributed by atoms with Crippen LogP contribution >= 0.6 is 11.3 Å². The molecular formula is C24H23N3O2S. The second-order valence-electron chi connectivity index (χ2n) is 8.09. The van der Waals surface area contributed by atoms with E-state index in [0.29, 0.717) is 11.1 Å². The van der Waals surface area contributed by atoms with Gasteiger partial charge in [-0.2, -0.15) is 5.26 Å². The summed E-state index contributed by atoms with van der Waals surface area (Å²) in [7, 11) is 2.06. The van der Waals surface area contributed by atoms with Gasteiger partial charge in [0, 0.05) is 35.1 Å². The first-order valence-electron chi connectivity index (χ1n) is 9.89. The van der Waals surface area contributed by atoms with Crippen molar-refractivity contribution in [1.82, 2.24) is 4.90 Å². The molecule has 6 heteroatoms. The summed E-state index contributed by atoms with van der Waals surface area (Å²) in [6.07, 6.45) is 1.82. The highest BCUT2D eigenvalue weighted by molar-refractivity contribution is 7.17. The van der Waals surface area contributed by atoms with Gasteiger partial charge in [0.05, 0.1) is 5.00 Å². The molecule has 2 aliphatic rings. The van der Waals surface area contributed by atoms with E-state index < -0.39 is 5.91 Å².